The van der Waals surface area contributed by atoms with Crippen LogP contribution in [0.2, 0.25) is 0 Å². The minimum atomic E-state index is 0.280. The van der Waals surface area contributed by atoms with Crippen LogP contribution in [0.4, 0.5) is 5.69 Å². The van der Waals surface area contributed by atoms with Crippen LogP contribution in [0.25, 0.3) is 0 Å². The summed E-state index contributed by atoms with van der Waals surface area (Å²) in [4.78, 5) is 4.74. The Labute approximate surface area is 128 Å². The number of para-hydroxylation sites is 2. The Kier molecular flexibility index (Phi) is 6.33. The van der Waals surface area contributed by atoms with Crippen LogP contribution < -0.4 is 15.4 Å². The number of hydrogen-bond donors (Lipinski definition) is 1. The van der Waals surface area contributed by atoms with Crippen LogP contribution in [-0.4, -0.2) is 50.3 Å². The van der Waals surface area contributed by atoms with E-state index < -0.39 is 0 Å². The van der Waals surface area contributed by atoms with Gasteiger partial charge in [0.15, 0.2) is 0 Å². The molecule has 1 heterocycles. The van der Waals surface area contributed by atoms with Crippen molar-refractivity contribution in [2.45, 2.75) is 32.7 Å². The van der Waals surface area contributed by atoms with Gasteiger partial charge in [0, 0.05) is 25.7 Å². The molecule has 0 spiro atoms. The Morgan fingerprint density at radius 1 is 1.29 bits per heavy atom. The Bertz CT molecular complexity index is 420. The first-order chi connectivity index (χ1) is 10.2. The molecule has 1 aliphatic heterocycles. The van der Waals surface area contributed by atoms with Crippen LogP contribution >= 0.6 is 0 Å². The molecule has 2 N–H and O–H groups in total. The van der Waals surface area contributed by atoms with Gasteiger partial charge in [-0.1, -0.05) is 26.0 Å². The molecule has 1 atom stereocenters. The summed E-state index contributed by atoms with van der Waals surface area (Å²) in [5.41, 5.74) is 7.29. The lowest BCUT2D eigenvalue weighted by atomic mass is 10.1. The van der Waals surface area contributed by atoms with E-state index in [1.807, 2.05) is 6.07 Å². The van der Waals surface area contributed by atoms with Gasteiger partial charge in [-0.15, -0.1) is 0 Å². The number of hydrogen-bond acceptors (Lipinski definition) is 4. The maximum atomic E-state index is 6.10. The van der Waals surface area contributed by atoms with Gasteiger partial charge in [0.05, 0.1) is 5.69 Å². The molecule has 1 unspecified atom stereocenters. The van der Waals surface area contributed by atoms with Gasteiger partial charge in [0.25, 0.3) is 0 Å². The summed E-state index contributed by atoms with van der Waals surface area (Å²) in [7, 11) is 0. The van der Waals surface area contributed by atoms with E-state index in [4.69, 9.17) is 10.5 Å². The Balaban J connectivity index is 1.96. The highest BCUT2D eigenvalue weighted by Crippen LogP contribution is 2.30. The predicted octanol–water partition coefficient (Wildman–Crippen LogP) is 2.33. The third kappa shape index (κ3) is 4.61. The third-order valence-electron chi connectivity index (χ3n) is 4.22. The monoisotopic (exact) mass is 291 g/mol. The van der Waals surface area contributed by atoms with Crippen LogP contribution in [0.5, 0.6) is 5.75 Å². The van der Waals surface area contributed by atoms with Crippen molar-refractivity contribution in [3.63, 3.8) is 0 Å². The molecule has 2 rings (SSSR count). The summed E-state index contributed by atoms with van der Waals surface area (Å²) < 4.78 is 6.04. The first-order valence-electron chi connectivity index (χ1n) is 8.19. The highest BCUT2D eigenvalue weighted by atomic mass is 16.5. The molecular weight excluding hydrogens is 262 g/mol. The first kappa shape index (κ1) is 16.1. The molecule has 0 bridgehead atoms. The van der Waals surface area contributed by atoms with Crippen molar-refractivity contribution in [1.29, 1.82) is 0 Å². The molecule has 4 heteroatoms. The number of likely N-dealkylation sites (N-methyl/N-ethyl adjacent to an activating group) is 1. The Morgan fingerprint density at radius 2 is 2.05 bits per heavy atom. The zero-order valence-corrected chi connectivity index (χ0v) is 13.4. The molecule has 1 aromatic carbocycles. The normalized spacial score (nSPS) is 19.0. The van der Waals surface area contributed by atoms with Crippen LogP contribution in [0.15, 0.2) is 24.3 Å². The highest BCUT2D eigenvalue weighted by Gasteiger charge is 2.19. The van der Waals surface area contributed by atoms with Gasteiger partial charge >= 0.3 is 0 Å². The number of rotatable bonds is 7. The van der Waals surface area contributed by atoms with Gasteiger partial charge < -0.3 is 20.3 Å². The van der Waals surface area contributed by atoms with Crippen LogP contribution in [-0.2, 0) is 0 Å². The van der Waals surface area contributed by atoms with Crippen molar-refractivity contribution < 1.29 is 4.74 Å². The SMILES string of the molecule is CCN(CC)CCOc1ccccc1N1CCCC(N)C1. The van der Waals surface area contributed by atoms with Gasteiger partial charge in [-0.25, -0.2) is 0 Å². The fourth-order valence-electron chi connectivity index (χ4n) is 2.89. The molecule has 0 saturated carbocycles. The summed E-state index contributed by atoms with van der Waals surface area (Å²) in [6.45, 7) is 10.2. The van der Waals surface area contributed by atoms with E-state index in [1.165, 1.54) is 5.69 Å². The molecule has 0 amide bonds. The molecule has 0 aliphatic carbocycles. The maximum absolute atomic E-state index is 6.10. The summed E-state index contributed by atoms with van der Waals surface area (Å²) in [5, 5.41) is 0. The van der Waals surface area contributed by atoms with Crippen molar-refractivity contribution in [2.75, 3.05) is 44.2 Å². The van der Waals surface area contributed by atoms with Crippen LogP contribution in [0.3, 0.4) is 0 Å². The molecule has 0 radical (unpaired) electrons. The minimum Gasteiger partial charge on any atom is -0.490 e. The number of anilines is 1. The van der Waals surface area contributed by atoms with Gasteiger partial charge in [-0.2, -0.15) is 0 Å². The van der Waals surface area contributed by atoms with E-state index in [0.717, 1.165) is 57.9 Å². The lowest BCUT2D eigenvalue weighted by Crippen LogP contribution is -2.43. The smallest absolute Gasteiger partial charge is 0.142 e. The predicted molar refractivity (Wildman–Crippen MR) is 89.1 cm³/mol. The number of benzene rings is 1. The summed E-state index contributed by atoms with van der Waals surface area (Å²) in [6.07, 6.45) is 2.29. The van der Waals surface area contributed by atoms with E-state index >= 15 is 0 Å². The largest absolute Gasteiger partial charge is 0.490 e. The summed E-state index contributed by atoms with van der Waals surface area (Å²) in [5.74, 6) is 0.985. The zero-order valence-electron chi connectivity index (χ0n) is 13.4. The van der Waals surface area contributed by atoms with E-state index in [-0.39, 0.29) is 6.04 Å². The van der Waals surface area contributed by atoms with Crippen molar-refractivity contribution in [3.05, 3.63) is 24.3 Å². The van der Waals surface area contributed by atoms with Crippen molar-refractivity contribution in [1.82, 2.24) is 4.90 Å². The van der Waals surface area contributed by atoms with Crippen molar-refractivity contribution in [3.8, 4) is 5.75 Å². The second kappa shape index (κ2) is 8.25. The van der Waals surface area contributed by atoms with Gasteiger partial charge in [0.2, 0.25) is 0 Å². The molecule has 1 aliphatic rings. The van der Waals surface area contributed by atoms with E-state index in [0.29, 0.717) is 0 Å². The minimum absolute atomic E-state index is 0.280. The average molecular weight is 291 g/mol. The molecule has 1 aromatic rings. The van der Waals surface area contributed by atoms with Gasteiger partial charge in [-0.05, 0) is 38.1 Å². The van der Waals surface area contributed by atoms with E-state index in [9.17, 15) is 0 Å². The molecule has 1 fully saturated rings. The highest BCUT2D eigenvalue weighted by molar-refractivity contribution is 5.58. The molecule has 0 aromatic heterocycles. The van der Waals surface area contributed by atoms with Gasteiger partial charge in [0.1, 0.15) is 12.4 Å². The molecule has 118 valence electrons. The third-order valence-corrected chi connectivity index (χ3v) is 4.22. The number of piperidine rings is 1. The quantitative estimate of drug-likeness (QED) is 0.837. The lowest BCUT2D eigenvalue weighted by molar-refractivity contribution is 0.223. The topological polar surface area (TPSA) is 41.7 Å². The average Bonchev–Trinajstić information content (AvgIpc) is 2.52. The fourth-order valence-corrected chi connectivity index (χ4v) is 2.89. The van der Waals surface area contributed by atoms with E-state index in [2.05, 4.69) is 41.8 Å². The number of ether oxygens (including phenoxy) is 1. The van der Waals surface area contributed by atoms with E-state index in [1.54, 1.807) is 0 Å². The standard InChI is InChI=1S/C17H29N3O/c1-3-19(4-2)12-13-21-17-10-6-5-9-16(17)20-11-7-8-15(18)14-20/h5-6,9-10,15H,3-4,7-8,11-14,18H2,1-2H3. The molecular formula is C17H29N3O. The van der Waals surface area contributed by atoms with Crippen LogP contribution in [0.1, 0.15) is 26.7 Å². The van der Waals surface area contributed by atoms with Crippen LogP contribution in [0, 0.1) is 0 Å². The number of nitrogens with two attached hydrogens (primary N) is 1. The van der Waals surface area contributed by atoms with Crippen molar-refractivity contribution >= 4 is 5.69 Å². The second-order valence-corrected chi connectivity index (χ2v) is 5.69. The van der Waals surface area contributed by atoms with Crippen molar-refractivity contribution in [2.24, 2.45) is 5.73 Å². The zero-order chi connectivity index (χ0) is 15.1. The Hall–Kier alpha value is -1.26. The molecule has 4 nitrogen and oxygen atoms in total. The lowest BCUT2D eigenvalue weighted by Gasteiger charge is -2.33. The summed E-state index contributed by atoms with van der Waals surface area (Å²) in [6, 6.07) is 8.61. The fraction of sp³-hybridized carbons (Fsp3) is 0.647. The second-order valence-electron chi connectivity index (χ2n) is 5.69. The van der Waals surface area contributed by atoms with Gasteiger partial charge in [-0.3, -0.25) is 0 Å². The summed E-state index contributed by atoms with van der Waals surface area (Å²) >= 11 is 0. The number of nitrogens with zero attached hydrogens (tertiary/aromatic N) is 2. The molecule has 1 saturated heterocycles. The first-order valence-corrected chi connectivity index (χ1v) is 8.19. The maximum Gasteiger partial charge on any atom is 0.142 e. The molecule has 21 heavy (non-hydrogen) atoms. The Morgan fingerprint density at radius 3 is 2.76 bits per heavy atom.